The molecule has 140 valence electrons. The van der Waals surface area contributed by atoms with Gasteiger partial charge in [-0.1, -0.05) is 31.7 Å². The summed E-state index contributed by atoms with van der Waals surface area (Å²) in [6.45, 7) is 2.44. The number of ether oxygens (including phenoxy) is 2. The zero-order valence-corrected chi connectivity index (χ0v) is 16.4. The van der Waals surface area contributed by atoms with Crippen LogP contribution in [-0.4, -0.2) is 19.1 Å². The van der Waals surface area contributed by atoms with Crippen LogP contribution in [-0.2, 0) is 6.61 Å². The molecule has 1 heterocycles. The molecule has 0 saturated heterocycles. The fraction of sp³-hybridized carbons (Fsp3) is 0.476. The van der Waals surface area contributed by atoms with E-state index in [9.17, 15) is 4.79 Å². The number of carbonyl (C=O) groups excluding carboxylic acids is 1. The van der Waals surface area contributed by atoms with Gasteiger partial charge in [0.1, 0.15) is 6.61 Å². The van der Waals surface area contributed by atoms with Gasteiger partial charge in [0.15, 0.2) is 11.5 Å². The molecule has 0 spiro atoms. The van der Waals surface area contributed by atoms with E-state index in [4.69, 9.17) is 9.47 Å². The summed E-state index contributed by atoms with van der Waals surface area (Å²) in [5.41, 5.74) is 2.13. The highest BCUT2D eigenvalue weighted by molar-refractivity contribution is 7.12. The van der Waals surface area contributed by atoms with Crippen molar-refractivity contribution in [2.45, 2.75) is 58.1 Å². The number of carbonyl (C=O) groups is 1. The number of thiophene rings is 1. The van der Waals surface area contributed by atoms with Gasteiger partial charge in [0.25, 0.3) is 5.91 Å². The monoisotopic (exact) mass is 373 g/mol. The Bertz CT molecular complexity index is 733. The van der Waals surface area contributed by atoms with E-state index in [2.05, 4.69) is 5.32 Å². The second-order valence-corrected chi connectivity index (χ2v) is 7.84. The number of rotatable bonds is 6. The normalized spacial score (nSPS) is 15.3. The maximum atomic E-state index is 12.5. The highest BCUT2D eigenvalue weighted by Gasteiger charge is 2.17. The molecule has 26 heavy (non-hydrogen) atoms. The van der Waals surface area contributed by atoms with Gasteiger partial charge in [0.2, 0.25) is 0 Å². The van der Waals surface area contributed by atoms with Gasteiger partial charge < -0.3 is 14.8 Å². The summed E-state index contributed by atoms with van der Waals surface area (Å²) in [5, 5.41) is 5.19. The average Bonchev–Trinajstić information content (AvgIpc) is 2.98. The molecule has 2 aromatic rings. The maximum absolute atomic E-state index is 12.5. The molecule has 0 bridgehead atoms. The van der Waals surface area contributed by atoms with Gasteiger partial charge in [-0.25, -0.2) is 0 Å². The Morgan fingerprint density at radius 2 is 1.92 bits per heavy atom. The van der Waals surface area contributed by atoms with Crippen molar-refractivity contribution in [1.82, 2.24) is 5.32 Å². The van der Waals surface area contributed by atoms with Crippen LogP contribution >= 0.6 is 11.3 Å². The molecule has 0 radical (unpaired) electrons. The third kappa shape index (κ3) is 5.01. The lowest BCUT2D eigenvalue weighted by atomic mass is 10.1. The number of methoxy groups -OCH3 is 1. The first kappa shape index (κ1) is 18.8. The summed E-state index contributed by atoms with van der Waals surface area (Å²) < 4.78 is 11.2. The number of hydrogen-bond donors (Lipinski definition) is 1. The van der Waals surface area contributed by atoms with Crippen LogP contribution < -0.4 is 14.8 Å². The van der Waals surface area contributed by atoms with E-state index in [0.717, 1.165) is 34.6 Å². The van der Waals surface area contributed by atoms with Crippen LogP contribution in [0.1, 0.15) is 59.3 Å². The predicted octanol–water partition coefficient (Wildman–Crippen LogP) is 5.10. The van der Waals surface area contributed by atoms with Crippen molar-refractivity contribution in [3.63, 3.8) is 0 Å². The van der Waals surface area contributed by atoms with Gasteiger partial charge in [0.05, 0.1) is 12.0 Å². The molecule has 0 atom stereocenters. The van der Waals surface area contributed by atoms with Crippen molar-refractivity contribution in [1.29, 1.82) is 0 Å². The number of amides is 1. The Balaban J connectivity index is 1.56. The standard InChI is InChI=1S/C21H27NO3S/c1-15-9-10-18(19(11-15)24-2)25-13-16-12-20(26-14-16)21(23)22-17-7-5-3-4-6-8-17/h9-12,14,17H,3-8,13H2,1-2H3,(H,22,23). The zero-order chi connectivity index (χ0) is 18.4. The molecule has 1 aromatic carbocycles. The molecule has 1 saturated carbocycles. The molecular weight excluding hydrogens is 346 g/mol. The molecule has 4 nitrogen and oxygen atoms in total. The molecular formula is C21H27NO3S. The SMILES string of the molecule is COc1cc(C)ccc1OCc1csc(C(=O)NC2CCCCCC2)c1. The number of benzene rings is 1. The van der Waals surface area contributed by atoms with Gasteiger partial charge in [-0.3, -0.25) is 4.79 Å². The minimum Gasteiger partial charge on any atom is -0.493 e. The van der Waals surface area contributed by atoms with Crippen molar-refractivity contribution in [3.8, 4) is 11.5 Å². The summed E-state index contributed by atoms with van der Waals surface area (Å²) in [6, 6.07) is 8.12. The molecule has 1 fully saturated rings. The molecule has 0 unspecified atom stereocenters. The van der Waals surface area contributed by atoms with Crippen molar-refractivity contribution in [2.24, 2.45) is 0 Å². The molecule has 1 aromatic heterocycles. The Morgan fingerprint density at radius 3 is 2.65 bits per heavy atom. The fourth-order valence-corrected chi connectivity index (χ4v) is 4.11. The third-order valence-electron chi connectivity index (χ3n) is 4.78. The lowest BCUT2D eigenvalue weighted by molar-refractivity contribution is 0.0937. The van der Waals surface area contributed by atoms with Crippen LogP contribution in [0.3, 0.4) is 0 Å². The summed E-state index contributed by atoms with van der Waals surface area (Å²) in [6.07, 6.45) is 7.20. The Hall–Kier alpha value is -2.01. The van der Waals surface area contributed by atoms with Crippen LogP contribution in [0.5, 0.6) is 11.5 Å². The van der Waals surface area contributed by atoms with Crippen molar-refractivity contribution >= 4 is 17.2 Å². The van der Waals surface area contributed by atoms with Crippen LogP contribution in [0.25, 0.3) is 0 Å². The van der Waals surface area contributed by atoms with Gasteiger partial charge in [-0.05, 0) is 48.9 Å². The van der Waals surface area contributed by atoms with Gasteiger partial charge in [-0.15, -0.1) is 11.3 Å². The van der Waals surface area contributed by atoms with Crippen molar-refractivity contribution in [3.05, 3.63) is 45.6 Å². The van der Waals surface area contributed by atoms with Crippen molar-refractivity contribution in [2.75, 3.05) is 7.11 Å². The molecule has 1 aliphatic carbocycles. The fourth-order valence-electron chi connectivity index (χ4n) is 3.31. The lowest BCUT2D eigenvalue weighted by Crippen LogP contribution is -2.33. The van der Waals surface area contributed by atoms with E-state index < -0.39 is 0 Å². The highest BCUT2D eigenvalue weighted by atomic mass is 32.1. The Labute approximate surface area is 159 Å². The largest absolute Gasteiger partial charge is 0.493 e. The number of aryl methyl sites for hydroxylation is 1. The van der Waals surface area contributed by atoms with E-state index in [1.165, 1.54) is 37.0 Å². The summed E-state index contributed by atoms with van der Waals surface area (Å²) in [5.74, 6) is 1.49. The second kappa shape index (κ2) is 9.08. The first-order valence-electron chi connectivity index (χ1n) is 9.31. The first-order chi connectivity index (χ1) is 12.7. The minimum absolute atomic E-state index is 0.0427. The van der Waals surface area contributed by atoms with Crippen molar-refractivity contribution < 1.29 is 14.3 Å². The van der Waals surface area contributed by atoms with E-state index >= 15 is 0 Å². The summed E-state index contributed by atoms with van der Waals surface area (Å²) in [7, 11) is 1.64. The first-order valence-corrected chi connectivity index (χ1v) is 10.2. The van der Waals surface area contributed by atoms with Crippen LogP contribution in [0.15, 0.2) is 29.6 Å². The van der Waals surface area contributed by atoms with Gasteiger partial charge in [0, 0.05) is 11.6 Å². The molecule has 5 heteroatoms. The third-order valence-corrected chi connectivity index (χ3v) is 5.76. The van der Waals surface area contributed by atoms with Gasteiger partial charge in [-0.2, -0.15) is 0 Å². The molecule has 3 rings (SSSR count). The van der Waals surface area contributed by atoms with E-state index in [0.29, 0.717) is 18.4 Å². The lowest BCUT2D eigenvalue weighted by Gasteiger charge is -2.15. The summed E-state index contributed by atoms with van der Waals surface area (Å²) >= 11 is 1.48. The van der Waals surface area contributed by atoms with Crippen LogP contribution in [0, 0.1) is 6.92 Å². The Morgan fingerprint density at radius 1 is 1.15 bits per heavy atom. The minimum atomic E-state index is 0.0427. The predicted molar refractivity (Wildman–Crippen MR) is 105 cm³/mol. The van der Waals surface area contributed by atoms with E-state index in [-0.39, 0.29) is 5.91 Å². The molecule has 1 amide bonds. The number of hydrogen-bond acceptors (Lipinski definition) is 4. The smallest absolute Gasteiger partial charge is 0.261 e. The van der Waals surface area contributed by atoms with Crippen LogP contribution in [0.2, 0.25) is 0 Å². The van der Waals surface area contributed by atoms with E-state index in [1.54, 1.807) is 7.11 Å². The molecule has 0 aliphatic heterocycles. The quantitative estimate of drug-likeness (QED) is 0.717. The summed E-state index contributed by atoms with van der Waals surface area (Å²) in [4.78, 5) is 13.2. The maximum Gasteiger partial charge on any atom is 0.261 e. The number of nitrogens with one attached hydrogen (secondary N) is 1. The average molecular weight is 374 g/mol. The Kier molecular flexibility index (Phi) is 6.56. The highest BCUT2D eigenvalue weighted by Crippen LogP contribution is 2.29. The molecule has 1 N–H and O–H groups in total. The van der Waals surface area contributed by atoms with Crippen LogP contribution in [0.4, 0.5) is 0 Å². The topological polar surface area (TPSA) is 47.6 Å². The zero-order valence-electron chi connectivity index (χ0n) is 15.5. The van der Waals surface area contributed by atoms with Gasteiger partial charge >= 0.3 is 0 Å². The molecule has 1 aliphatic rings. The second-order valence-electron chi connectivity index (χ2n) is 6.92. The van der Waals surface area contributed by atoms with E-state index in [1.807, 2.05) is 36.6 Å².